The molecule has 2 amide bonds. The number of ether oxygens (including phenoxy) is 2. The second-order valence-corrected chi connectivity index (χ2v) is 22.2. The number of carbonyl (C=O) groups is 2. The van der Waals surface area contributed by atoms with Gasteiger partial charge in [-0.25, -0.2) is 0 Å². The zero-order valence-corrected chi connectivity index (χ0v) is 38.2. The number of amides is 2. The summed E-state index contributed by atoms with van der Waals surface area (Å²) in [6.07, 6.45) is 16.6. The Morgan fingerprint density at radius 1 is 0.705 bits per heavy atom. The van der Waals surface area contributed by atoms with Crippen LogP contribution in [0.15, 0.2) is 10.2 Å². The average molecular weight is 905 g/mol. The Morgan fingerprint density at radius 3 is 1.95 bits per heavy atom. The van der Waals surface area contributed by atoms with Crippen molar-refractivity contribution in [3.63, 3.8) is 0 Å². The summed E-state index contributed by atoms with van der Waals surface area (Å²) in [7, 11) is -9.26. The van der Waals surface area contributed by atoms with Gasteiger partial charge in [-0.15, -0.1) is 0 Å². The predicted molar refractivity (Wildman–Crippen MR) is 230 cm³/mol. The van der Waals surface area contributed by atoms with Gasteiger partial charge in [-0.1, -0.05) is 77.6 Å². The first-order chi connectivity index (χ1) is 29.1. The Labute approximate surface area is 364 Å². The summed E-state index contributed by atoms with van der Waals surface area (Å²) in [5, 5.41) is 34.6. The maximum absolute atomic E-state index is 13.4. The van der Waals surface area contributed by atoms with Gasteiger partial charge in [0.2, 0.25) is 11.8 Å². The van der Waals surface area contributed by atoms with Crippen LogP contribution in [0.1, 0.15) is 155 Å². The van der Waals surface area contributed by atoms with E-state index in [9.17, 15) is 45.7 Å². The van der Waals surface area contributed by atoms with Crippen molar-refractivity contribution in [2.24, 2.45) is 39.8 Å². The number of nitrogens with zero attached hydrogens (tertiary/aromatic N) is 2. The minimum Gasteiger partial charge on any atom is -0.392 e. The van der Waals surface area contributed by atoms with Gasteiger partial charge in [0.25, 0.3) is 20.2 Å². The molecule has 5 rings (SSSR count). The van der Waals surface area contributed by atoms with Crippen LogP contribution in [0.25, 0.3) is 0 Å². The lowest BCUT2D eigenvalue weighted by Gasteiger charge is -2.49. The number of hydrogen-bond acceptors (Lipinski definition) is 12. The molecular weight excluding hydrogens is 829 g/mol. The normalized spacial score (nSPS) is 35.9. The molecule has 5 aliphatic carbocycles. The van der Waals surface area contributed by atoms with E-state index in [-0.39, 0.29) is 55.3 Å². The molecule has 12 atom stereocenters. The largest absolute Gasteiger partial charge is 0.392 e. The van der Waals surface area contributed by atoms with Crippen molar-refractivity contribution < 1.29 is 55.2 Å². The predicted octanol–water partition coefficient (Wildman–Crippen LogP) is 5.55. The average Bonchev–Trinajstić information content (AvgIpc) is 3.21. The monoisotopic (exact) mass is 904 g/mol. The molecule has 0 aliphatic heterocycles. The van der Waals surface area contributed by atoms with Crippen LogP contribution >= 0.6 is 0 Å². The highest BCUT2D eigenvalue weighted by molar-refractivity contribution is 7.86. The van der Waals surface area contributed by atoms with Crippen LogP contribution in [0.3, 0.4) is 0 Å². The summed E-state index contributed by atoms with van der Waals surface area (Å²) in [6, 6.07) is -2.47. The summed E-state index contributed by atoms with van der Waals surface area (Å²) >= 11 is 0. The van der Waals surface area contributed by atoms with E-state index >= 15 is 0 Å². The van der Waals surface area contributed by atoms with Crippen LogP contribution in [0.5, 0.6) is 0 Å². The third-order valence-electron chi connectivity index (χ3n) is 14.6. The summed E-state index contributed by atoms with van der Waals surface area (Å²) in [4.78, 5) is 25.4. The van der Waals surface area contributed by atoms with Gasteiger partial charge in [0.15, 0.2) is 0 Å². The van der Waals surface area contributed by atoms with Crippen molar-refractivity contribution in [3.05, 3.63) is 0 Å². The Kier molecular flexibility index (Phi) is 19.7. The van der Waals surface area contributed by atoms with E-state index in [1.807, 2.05) is 0 Å². The summed E-state index contributed by atoms with van der Waals surface area (Å²) in [5.41, 5.74) is 0. The lowest BCUT2D eigenvalue weighted by molar-refractivity contribution is -0.152. The minimum atomic E-state index is -4.74. The van der Waals surface area contributed by atoms with Crippen LogP contribution in [-0.2, 0) is 39.3 Å². The molecule has 16 nitrogen and oxygen atoms in total. The molecule has 0 aromatic carbocycles. The highest BCUT2D eigenvalue weighted by atomic mass is 32.2. The van der Waals surface area contributed by atoms with E-state index < -0.39 is 78.7 Å². The van der Waals surface area contributed by atoms with Crippen LogP contribution in [0.4, 0.5) is 0 Å². The van der Waals surface area contributed by atoms with Gasteiger partial charge >= 0.3 is 0 Å². The van der Waals surface area contributed by atoms with Crippen molar-refractivity contribution in [1.82, 2.24) is 10.6 Å². The quantitative estimate of drug-likeness (QED) is 0.0445. The minimum absolute atomic E-state index is 0.0435. The fraction of sp³-hybridized carbons (Fsp3) is 0.953. The van der Waals surface area contributed by atoms with Crippen molar-refractivity contribution in [1.29, 1.82) is 0 Å². The molecule has 5 saturated carbocycles. The standard InChI is InChI=1S/C43H76N4O12S2/c1-3-4-5-6-7-8-9-10-11-14-21-44-43(51)35-27-37(33-15-12-13-16-34(33)41(35)49)59-23-22-58-31-19-17-30(18-20-31)46-47-40-38(61(55,56)57)25-29-24-32(60(52,53)54)26-36(45-28(2)48)39(29)42(40)50/h29-42,49-50H,3-27H2,1-2H3,(H,44,51)(H,45,48)(H,52,53,54)(H,55,56,57). The van der Waals surface area contributed by atoms with Crippen molar-refractivity contribution >= 4 is 32.1 Å². The highest BCUT2D eigenvalue weighted by Gasteiger charge is 2.55. The third-order valence-corrected chi connectivity index (χ3v) is 17.0. The van der Waals surface area contributed by atoms with Gasteiger partial charge in [0.05, 0.1) is 54.8 Å². The lowest BCUT2D eigenvalue weighted by Crippen LogP contribution is -2.62. The molecular formula is C43H76N4O12S2. The number of aliphatic hydroxyl groups is 2. The lowest BCUT2D eigenvalue weighted by atomic mass is 9.64. The zero-order valence-electron chi connectivity index (χ0n) is 36.5. The van der Waals surface area contributed by atoms with Gasteiger partial charge in [0.1, 0.15) is 11.3 Å². The Morgan fingerprint density at radius 2 is 1.33 bits per heavy atom. The van der Waals surface area contributed by atoms with Crippen molar-refractivity contribution in [2.75, 3.05) is 19.8 Å². The van der Waals surface area contributed by atoms with Gasteiger partial charge < -0.3 is 30.3 Å². The maximum atomic E-state index is 13.4. The molecule has 5 aliphatic rings. The van der Waals surface area contributed by atoms with Gasteiger partial charge in [0, 0.05) is 25.4 Å². The first-order valence-electron chi connectivity index (χ1n) is 23.5. The van der Waals surface area contributed by atoms with Crippen LogP contribution in [0, 0.1) is 29.6 Å². The number of carbonyl (C=O) groups excluding carboxylic acids is 2. The first kappa shape index (κ1) is 50.2. The number of fused-ring (bicyclic) bond motifs is 2. The Balaban J connectivity index is 1.05. The highest BCUT2D eigenvalue weighted by Crippen LogP contribution is 2.46. The van der Waals surface area contributed by atoms with E-state index in [0.29, 0.717) is 51.9 Å². The number of unbranched alkanes of at least 4 members (excludes halogenated alkanes) is 9. The molecule has 352 valence electrons. The molecule has 12 unspecified atom stereocenters. The third kappa shape index (κ3) is 14.6. The topological polar surface area (TPSA) is 251 Å². The van der Waals surface area contributed by atoms with Gasteiger partial charge in [-0.05, 0) is 88.4 Å². The molecule has 0 radical (unpaired) electrons. The van der Waals surface area contributed by atoms with Crippen LogP contribution in [0.2, 0.25) is 0 Å². The number of hydrogen-bond donors (Lipinski definition) is 6. The van der Waals surface area contributed by atoms with E-state index in [4.69, 9.17) is 9.47 Å². The van der Waals surface area contributed by atoms with E-state index in [0.717, 1.165) is 38.5 Å². The van der Waals surface area contributed by atoms with Crippen LogP contribution < -0.4 is 10.6 Å². The fourth-order valence-electron chi connectivity index (χ4n) is 11.4. The number of nitrogens with one attached hydrogen (secondary N) is 2. The number of azo groups is 1. The molecule has 0 aromatic rings. The SMILES string of the molecule is CCCCCCCCCCCCNC(=O)C1CC(OCCOC2CCC(N=NC3C(O)C4C(CC(S(=O)(=O)O)CC4NC(C)=O)CC3S(=O)(=O)O)CC2)C2CCCCC2C1O. The summed E-state index contributed by atoms with van der Waals surface area (Å²) in [6.45, 7) is 4.87. The summed E-state index contributed by atoms with van der Waals surface area (Å²) in [5.74, 6) is -2.26. The number of aliphatic hydroxyl groups excluding tert-OH is 2. The Hall–Kier alpha value is -1.80. The van der Waals surface area contributed by atoms with E-state index in [1.165, 1.54) is 58.3 Å². The zero-order chi connectivity index (χ0) is 44.2. The molecule has 0 spiro atoms. The molecule has 18 heteroatoms. The van der Waals surface area contributed by atoms with E-state index in [1.54, 1.807) is 0 Å². The number of rotatable bonds is 22. The molecule has 6 N–H and O–H groups in total. The van der Waals surface area contributed by atoms with Gasteiger partial charge in [-0.2, -0.15) is 27.1 Å². The Bertz CT molecular complexity index is 1630. The molecule has 0 heterocycles. The van der Waals surface area contributed by atoms with Crippen LogP contribution in [-0.4, -0.2) is 121 Å². The second kappa shape index (κ2) is 23.9. The maximum Gasteiger partial charge on any atom is 0.270 e. The fourth-order valence-corrected chi connectivity index (χ4v) is 13.4. The molecule has 0 saturated heterocycles. The van der Waals surface area contributed by atoms with E-state index in [2.05, 4.69) is 27.8 Å². The smallest absolute Gasteiger partial charge is 0.270 e. The van der Waals surface area contributed by atoms with Gasteiger partial charge in [-0.3, -0.25) is 18.7 Å². The molecule has 5 fully saturated rings. The molecule has 61 heavy (non-hydrogen) atoms. The summed E-state index contributed by atoms with van der Waals surface area (Å²) < 4.78 is 81.9. The second-order valence-electron chi connectivity index (χ2n) is 18.9. The van der Waals surface area contributed by atoms with Crippen molar-refractivity contribution in [2.45, 2.75) is 208 Å². The first-order valence-corrected chi connectivity index (χ1v) is 26.6. The molecule has 0 bridgehead atoms. The van der Waals surface area contributed by atoms with Crippen molar-refractivity contribution in [3.8, 4) is 0 Å². The molecule has 0 aromatic heterocycles.